The summed E-state index contributed by atoms with van der Waals surface area (Å²) in [7, 11) is 1.97. The van der Waals surface area contributed by atoms with Gasteiger partial charge >= 0.3 is 0 Å². The van der Waals surface area contributed by atoms with E-state index in [2.05, 4.69) is 17.3 Å². The lowest BCUT2D eigenvalue weighted by Crippen LogP contribution is -2.28. The molecular formula is C10H20N4. The standard InChI is InChI=1S/C10H20N4/c1-3-4-5-6-9(13-11)10-7-14(2)8-12-10/h7-9,13H,3-6,11H2,1-2H3. The molecule has 0 aliphatic carbocycles. The minimum absolute atomic E-state index is 0.197. The fourth-order valence-electron chi connectivity index (χ4n) is 1.53. The van der Waals surface area contributed by atoms with Gasteiger partial charge in [0.15, 0.2) is 0 Å². The van der Waals surface area contributed by atoms with Crippen molar-refractivity contribution in [3.05, 3.63) is 18.2 Å². The molecule has 4 nitrogen and oxygen atoms in total. The fourth-order valence-corrected chi connectivity index (χ4v) is 1.53. The van der Waals surface area contributed by atoms with Gasteiger partial charge in [0.1, 0.15) is 0 Å². The van der Waals surface area contributed by atoms with Gasteiger partial charge in [0.2, 0.25) is 0 Å². The third kappa shape index (κ3) is 3.12. The average Bonchev–Trinajstić information content (AvgIpc) is 2.60. The minimum Gasteiger partial charge on any atom is -0.340 e. The molecule has 0 aliphatic heterocycles. The third-order valence-corrected chi connectivity index (χ3v) is 2.38. The fraction of sp³-hybridized carbons (Fsp3) is 0.700. The second-order valence-electron chi connectivity index (χ2n) is 3.68. The van der Waals surface area contributed by atoms with Crippen LogP contribution in [0.1, 0.15) is 44.3 Å². The summed E-state index contributed by atoms with van der Waals surface area (Å²) in [6, 6.07) is 0.197. The maximum Gasteiger partial charge on any atom is 0.0947 e. The molecule has 0 bridgehead atoms. The molecule has 80 valence electrons. The number of nitrogens with zero attached hydrogens (tertiary/aromatic N) is 2. The zero-order chi connectivity index (χ0) is 10.4. The largest absolute Gasteiger partial charge is 0.340 e. The van der Waals surface area contributed by atoms with Crippen LogP contribution in [0.25, 0.3) is 0 Å². The van der Waals surface area contributed by atoms with E-state index >= 15 is 0 Å². The number of hydrogen-bond acceptors (Lipinski definition) is 3. The summed E-state index contributed by atoms with van der Waals surface area (Å²) < 4.78 is 1.94. The number of hydrazine groups is 1. The Bertz CT molecular complexity index is 256. The van der Waals surface area contributed by atoms with Crippen molar-refractivity contribution in [3.8, 4) is 0 Å². The zero-order valence-corrected chi connectivity index (χ0v) is 9.03. The molecule has 1 atom stereocenters. The van der Waals surface area contributed by atoms with Crippen molar-refractivity contribution in [3.63, 3.8) is 0 Å². The molecule has 1 aromatic heterocycles. The van der Waals surface area contributed by atoms with Gasteiger partial charge in [0.25, 0.3) is 0 Å². The number of nitrogens with one attached hydrogen (secondary N) is 1. The number of aryl methyl sites for hydroxylation is 1. The lowest BCUT2D eigenvalue weighted by Gasteiger charge is -2.12. The Balaban J connectivity index is 2.45. The van der Waals surface area contributed by atoms with Crippen molar-refractivity contribution in [1.82, 2.24) is 15.0 Å². The second-order valence-corrected chi connectivity index (χ2v) is 3.68. The number of imidazole rings is 1. The molecule has 1 aromatic rings. The Morgan fingerprint density at radius 1 is 1.57 bits per heavy atom. The van der Waals surface area contributed by atoms with E-state index in [0.29, 0.717) is 0 Å². The van der Waals surface area contributed by atoms with E-state index in [0.717, 1.165) is 12.1 Å². The van der Waals surface area contributed by atoms with Crippen LogP contribution in [0.2, 0.25) is 0 Å². The summed E-state index contributed by atoms with van der Waals surface area (Å²) in [6.07, 6.45) is 8.56. The molecule has 0 radical (unpaired) electrons. The minimum atomic E-state index is 0.197. The first-order valence-corrected chi connectivity index (χ1v) is 5.22. The molecule has 14 heavy (non-hydrogen) atoms. The summed E-state index contributed by atoms with van der Waals surface area (Å²) in [5.74, 6) is 5.50. The van der Waals surface area contributed by atoms with Crippen molar-refractivity contribution < 1.29 is 0 Å². The van der Waals surface area contributed by atoms with Crippen LogP contribution in [0, 0.1) is 0 Å². The zero-order valence-electron chi connectivity index (χ0n) is 9.03. The van der Waals surface area contributed by atoms with Crippen molar-refractivity contribution in [2.24, 2.45) is 12.9 Å². The normalized spacial score (nSPS) is 13.1. The maximum absolute atomic E-state index is 5.50. The molecule has 0 aliphatic rings. The number of nitrogens with two attached hydrogens (primary N) is 1. The third-order valence-electron chi connectivity index (χ3n) is 2.38. The molecule has 1 heterocycles. The van der Waals surface area contributed by atoms with Gasteiger partial charge in [-0.25, -0.2) is 4.98 Å². The van der Waals surface area contributed by atoms with Crippen LogP contribution >= 0.6 is 0 Å². The average molecular weight is 196 g/mol. The number of unbranched alkanes of at least 4 members (excludes halogenated alkanes) is 2. The van der Waals surface area contributed by atoms with Crippen molar-refractivity contribution in [2.45, 2.75) is 38.6 Å². The van der Waals surface area contributed by atoms with Crippen LogP contribution in [-0.2, 0) is 7.05 Å². The van der Waals surface area contributed by atoms with E-state index in [9.17, 15) is 0 Å². The first-order valence-electron chi connectivity index (χ1n) is 5.22. The number of aromatic nitrogens is 2. The predicted octanol–water partition coefficient (Wildman–Crippen LogP) is 1.50. The highest BCUT2D eigenvalue weighted by Gasteiger charge is 2.11. The van der Waals surface area contributed by atoms with E-state index in [-0.39, 0.29) is 6.04 Å². The van der Waals surface area contributed by atoms with Crippen LogP contribution in [0.3, 0.4) is 0 Å². The molecule has 4 heteroatoms. The SMILES string of the molecule is CCCCCC(NN)c1cn(C)cn1. The van der Waals surface area contributed by atoms with E-state index in [1.165, 1.54) is 19.3 Å². The van der Waals surface area contributed by atoms with Crippen molar-refractivity contribution in [1.29, 1.82) is 0 Å². The maximum atomic E-state index is 5.50. The highest BCUT2D eigenvalue weighted by molar-refractivity contribution is 5.02. The Morgan fingerprint density at radius 2 is 2.36 bits per heavy atom. The van der Waals surface area contributed by atoms with Gasteiger partial charge in [-0.2, -0.15) is 0 Å². The van der Waals surface area contributed by atoms with Crippen molar-refractivity contribution in [2.75, 3.05) is 0 Å². The smallest absolute Gasteiger partial charge is 0.0947 e. The Morgan fingerprint density at radius 3 is 2.86 bits per heavy atom. The summed E-state index contributed by atoms with van der Waals surface area (Å²) >= 11 is 0. The highest BCUT2D eigenvalue weighted by atomic mass is 15.2. The predicted molar refractivity (Wildman–Crippen MR) is 57.4 cm³/mol. The molecular weight excluding hydrogens is 176 g/mol. The first-order chi connectivity index (χ1) is 6.77. The molecule has 0 aromatic carbocycles. The summed E-state index contributed by atoms with van der Waals surface area (Å²) in [5.41, 5.74) is 3.85. The van der Waals surface area contributed by atoms with Gasteiger partial charge in [0, 0.05) is 13.2 Å². The van der Waals surface area contributed by atoms with Gasteiger partial charge in [-0.05, 0) is 6.42 Å². The number of hydrogen-bond donors (Lipinski definition) is 2. The molecule has 0 spiro atoms. The van der Waals surface area contributed by atoms with E-state index < -0.39 is 0 Å². The van der Waals surface area contributed by atoms with Crippen LogP contribution in [0.5, 0.6) is 0 Å². The Hall–Kier alpha value is -0.870. The van der Waals surface area contributed by atoms with Gasteiger partial charge in [-0.15, -0.1) is 0 Å². The molecule has 1 unspecified atom stereocenters. The lowest BCUT2D eigenvalue weighted by molar-refractivity contribution is 0.478. The summed E-state index contributed by atoms with van der Waals surface area (Å²) in [5, 5.41) is 0. The highest BCUT2D eigenvalue weighted by Crippen LogP contribution is 2.16. The Kier molecular flexibility index (Phi) is 4.62. The molecule has 1 rings (SSSR count). The number of rotatable bonds is 6. The van der Waals surface area contributed by atoms with Gasteiger partial charge in [-0.1, -0.05) is 26.2 Å². The lowest BCUT2D eigenvalue weighted by atomic mass is 10.1. The van der Waals surface area contributed by atoms with Gasteiger partial charge in [-0.3, -0.25) is 11.3 Å². The van der Waals surface area contributed by atoms with Crippen molar-refractivity contribution >= 4 is 0 Å². The molecule has 0 amide bonds. The Labute approximate surface area is 85.5 Å². The van der Waals surface area contributed by atoms with Gasteiger partial charge < -0.3 is 4.57 Å². The molecule has 3 N–H and O–H groups in total. The summed E-state index contributed by atoms with van der Waals surface area (Å²) in [6.45, 7) is 2.20. The summed E-state index contributed by atoms with van der Waals surface area (Å²) in [4.78, 5) is 4.29. The van der Waals surface area contributed by atoms with Crippen LogP contribution in [-0.4, -0.2) is 9.55 Å². The monoisotopic (exact) mass is 196 g/mol. The van der Waals surface area contributed by atoms with Crippen LogP contribution < -0.4 is 11.3 Å². The molecule has 0 saturated heterocycles. The van der Waals surface area contributed by atoms with Crippen LogP contribution in [0.4, 0.5) is 0 Å². The van der Waals surface area contributed by atoms with E-state index in [1.54, 1.807) is 6.33 Å². The van der Waals surface area contributed by atoms with E-state index in [4.69, 9.17) is 5.84 Å². The van der Waals surface area contributed by atoms with E-state index in [1.807, 2.05) is 17.8 Å². The first kappa shape index (κ1) is 11.2. The van der Waals surface area contributed by atoms with Gasteiger partial charge in [0.05, 0.1) is 18.1 Å². The topological polar surface area (TPSA) is 55.9 Å². The quantitative estimate of drug-likeness (QED) is 0.412. The van der Waals surface area contributed by atoms with Crippen LogP contribution in [0.15, 0.2) is 12.5 Å². The second kappa shape index (κ2) is 5.78. The molecule has 0 saturated carbocycles. The molecule has 0 fully saturated rings.